The predicted octanol–water partition coefficient (Wildman–Crippen LogP) is 2.34. The summed E-state index contributed by atoms with van der Waals surface area (Å²) in [5.74, 6) is 2.19. The largest absolute Gasteiger partial charge is 0.334 e. The second-order valence-corrected chi connectivity index (χ2v) is 5.21. The SMILES string of the molecule is c1cc(-c2nc(CC3CCNCC3)no2)cs1. The number of piperidine rings is 1. The topological polar surface area (TPSA) is 51.0 Å². The molecule has 0 spiro atoms. The minimum Gasteiger partial charge on any atom is -0.334 e. The van der Waals surface area contributed by atoms with Gasteiger partial charge in [0.15, 0.2) is 5.82 Å². The minimum atomic E-state index is 0.648. The van der Waals surface area contributed by atoms with Gasteiger partial charge < -0.3 is 9.84 Å². The standard InChI is InChI=1S/C12H15N3OS/c1-4-13-5-2-9(1)7-11-14-12(16-15-11)10-3-6-17-8-10/h3,6,8-9,13H,1-2,4-5,7H2. The molecule has 3 heterocycles. The van der Waals surface area contributed by atoms with E-state index in [4.69, 9.17) is 4.52 Å². The van der Waals surface area contributed by atoms with Crippen molar-refractivity contribution in [1.82, 2.24) is 15.5 Å². The third-order valence-electron chi connectivity index (χ3n) is 3.17. The maximum absolute atomic E-state index is 5.28. The van der Waals surface area contributed by atoms with Gasteiger partial charge in [-0.15, -0.1) is 0 Å². The summed E-state index contributed by atoms with van der Waals surface area (Å²) in [5, 5.41) is 11.5. The third kappa shape index (κ3) is 2.56. The van der Waals surface area contributed by atoms with Gasteiger partial charge in [-0.2, -0.15) is 16.3 Å². The molecule has 5 heteroatoms. The number of nitrogens with one attached hydrogen (secondary N) is 1. The maximum Gasteiger partial charge on any atom is 0.258 e. The first-order valence-electron chi connectivity index (χ1n) is 5.98. The molecule has 0 aliphatic carbocycles. The van der Waals surface area contributed by atoms with Crippen molar-refractivity contribution >= 4 is 11.3 Å². The van der Waals surface area contributed by atoms with Crippen molar-refractivity contribution in [2.24, 2.45) is 5.92 Å². The van der Waals surface area contributed by atoms with Crippen LogP contribution < -0.4 is 5.32 Å². The van der Waals surface area contributed by atoms with Crippen molar-refractivity contribution in [2.75, 3.05) is 13.1 Å². The molecule has 2 aromatic rings. The van der Waals surface area contributed by atoms with E-state index in [9.17, 15) is 0 Å². The first kappa shape index (κ1) is 10.9. The molecule has 90 valence electrons. The zero-order valence-electron chi connectivity index (χ0n) is 9.56. The molecule has 1 aliphatic rings. The number of hydrogen-bond donors (Lipinski definition) is 1. The molecule has 1 saturated heterocycles. The van der Waals surface area contributed by atoms with E-state index in [1.807, 2.05) is 16.8 Å². The van der Waals surface area contributed by atoms with Crippen LogP contribution in [0.1, 0.15) is 18.7 Å². The summed E-state index contributed by atoms with van der Waals surface area (Å²) in [5.41, 5.74) is 1.03. The van der Waals surface area contributed by atoms with E-state index in [0.717, 1.165) is 30.9 Å². The van der Waals surface area contributed by atoms with Crippen LogP contribution in [0.25, 0.3) is 11.5 Å². The molecule has 2 aromatic heterocycles. The fourth-order valence-corrected chi connectivity index (χ4v) is 2.81. The van der Waals surface area contributed by atoms with Gasteiger partial charge in [0.2, 0.25) is 0 Å². The van der Waals surface area contributed by atoms with Crippen molar-refractivity contribution in [1.29, 1.82) is 0 Å². The number of rotatable bonds is 3. The van der Waals surface area contributed by atoms with Crippen LogP contribution in [-0.2, 0) is 6.42 Å². The van der Waals surface area contributed by atoms with Crippen LogP contribution in [0.4, 0.5) is 0 Å². The monoisotopic (exact) mass is 249 g/mol. The maximum atomic E-state index is 5.28. The Morgan fingerprint density at radius 1 is 1.41 bits per heavy atom. The van der Waals surface area contributed by atoms with Gasteiger partial charge in [-0.25, -0.2) is 0 Å². The lowest BCUT2D eigenvalue weighted by molar-refractivity contribution is 0.356. The Hall–Kier alpha value is -1.20. The number of aromatic nitrogens is 2. The van der Waals surface area contributed by atoms with E-state index in [2.05, 4.69) is 15.5 Å². The van der Waals surface area contributed by atoms with Crippen LogP contribution in [0.3, 0.4) is 0 Å². The Morgan fingerprint density at radius 3 is 3.06 bits per heavy atom. The molecule has 1 aliphatic heterocycles. The number of nitrogens with zero attached hydrogens (tertiary/aromatic N) is 2. The summed E-state index contributed by atoms with van der Waals surface area (Å²) in [7, 11) is 0. The second-order valence-electron chi connectivity index (χ2n) is 4.43. The van der Waals surface area contributed by atoms with Gasteiger partial charge in [0.05, 0.1) is 5.56 Å². The molecule has 17 heavy (non-hydrogen) atoms. The van der Waals surface area contributed by atoms with Crippen LogP contribution in [0.5, 0.6) is 0 Å². The van der Waals surface area contributed by atoms with Crippen LogP contribution in [0.2, 0.25) is 0 Å². The zero-order valence-corrected chi connectivity index (χ0v) is 10.4. The quantitative estimate of drug-likeness (QED) is 0.907. The van der Waals surface area contributed by atoms with E-state index < -0.39 is 0 Å². The summed E-state index contributed by atoms with van der Waals surface area (Å²) in [6.07, 6.45) is 3.36. The van der Waals surface area contributed by atoms with Crippen LogP contribution in [-0.4, -0.2) is 23.2 Å². The molecule has 4 nitrogen and oxygen atoms in total. The summed E-state index contributed by atoms with van der Waals surface area (Å²) in [6.45, 7) is 2.22. The second kappa shape index (κ2) is 4.98. The first-order chi connectivity index (χ1) is 8.42. The van der Waals surface area contributed by atoms with E-state index in [1.54, 1.807) is 11.3 Å². The summed E-state index contributed by atoms with van der Waals surface area (Å²) in [6, 6.07) is 2.01. The Labute approximate surface area is 104 Å². The summed E-state index contributed by atoms with van der Waals surface area (Å²) in [4.78, 5) is 4.46. The van der Waals surface area contributed by atoms with Crippen LogP contribution in [0.15, 0.2) is 21.3 Å². The van der Waals surface area contributed by atoms with Crippen molar-refractivity contribution in [3.8, 4) is 11.5 Å². The molecule has 0 atom stereocenters. The van der Waals surface area contributed by atoms with Crippen LogP contribution in [0, 0.1) is 5.92 Å². The molecule has 0 amide bonds. The minimum absolute atomic E-state index is 0.648. The van der Waals surface area contributed by atoms with Gasteiger partial charge in [-0.05, 0) is 43.3 Å². The average molecular weight is 249 g/mol. The van der Waals surface area contributed by atoms with E-state index in [0.29, 0.717) is 11.8 Å². The smallest absolute Gasteiger partial charge is 0.258 e. The average Bonchev–Trinajstić information content (AvgIpc) is 3.00. The highest BCUT2D eigenvalue weighted by Crippen LogP contribution is 2.22. The van der Waals surface area contributed by atoms with Crippen molar-refractivity contribution in [3.63, 3.8) is 0 Å². The first-order valence-corrected chi connectivity index (χ1v) is 6.92. The molecule has 0 radical (unpaired) electrons. The predicted molar refractivity (Wildman–Crippen MR) is 66.9 cm³/mol. The fraction of sp³-hybridized carbons (Fsp3) is 0.500. The van der Waals surface area contributed by atoms with Gasteiger partial charge in [-0.1, -0.05) is 5.16 Å². The Morgan fingerprint density at radius 2 is 2.29 bits per heavy atom. The molecule has 0 aromatic carbocycles. The van der Waals surface area contributed by atoms with Gasteiger partial charge in [-0.3, -0.25) is 0 Å². The van der Waals surface area contributed by atoms with E-state index >= 15 is 0 Å². The molecule has 0 unspecified atom stereocenters. The highest BCUT2D eigenvalue weighted by atomic mass is 32.1. The normalized spacial score (nSPS) is 17.4. The van der Waals surface area contributed by atoms with Gasteiger partial charge in [0.1, 0.15) is 0 Å². The third-order valence-corrected chi connectivity index (χ3v) is 3.85. The van der Waals surface area contributed by atoms with E-state index in [-0.39, 0.29) is 0 Å². The van der Waals surface area contributed by atoms with Gasteiger partial charge in [0, 0.05) is 11.8 Å². The van der Waals surface area contributed by atoms with Crippen molar-refractivity contribution < 1.29 is 4.52 Å². The molecule has 0 saturated carbocycles. The van der Waals surface area contributed by atoms with E-state index in [1.165, 1.54) is 12.8 Å². The van der Waals surface area contributed by atoms with Crippen molar-refractivity contribution in [3.05, 3.63) is 22.7 Å². The molecule has 1 N–H and O–H groups in total. The lowest BCUT2D eigenvalue weighted by Gasteiger charge is -2.20. The van der Waals surface area contributed by atoms with Crippen molar-refractivity contribution in [2.45, 2.75) is 19.3 Å². The molecule has 0 bridgehead atoms. The lowest BCUT2D eigenvalue weighted by atomic mass is 9.94. The molecular weight excluding hydrogens is 234 g/mol. The highest BCUT2D eigenvalue weighted by Gasteiger charge is 2.17. The van der Waals surface area contributed by atoms with Crippen LogP contribution >= 0.6 is 11.3 Å². The van der Waals surface area contributed by atoms with Gasteiger partial charge in [0.25, 0.3) is 5.89 Å². The summed E-state index contributed by atoms with van der Waals surface area (Å²) < 4.78 is 5.28. The number of hydrogen-bond acceptors (Lipinski definition) is 5. The number of thiophene rings is 1. The zero-order chi connectivity index (χ0) is 11.5. The summed E-state index contributed by atoms with van der Waals surface area (Å²) >= 11 is 1.64. The Kier molecular flexibility index (Phi) is 3.20. The lowest BCUT2D eigenvalue weighted by Crippen LogP contribution is -2.28. The fourth-order valence-electron chi connectivity index (χ4n) is 2.18. The molecule has 1 fully saturated rings. The Balaban J connectivity index is 1.68. The van der Waals surface area contributed by atoms with Gasteiger partial charge >= 0.3 is 0 Å². The highest BCUT2D eigenvalue weighted by molar-refractivity contribution is 7.08. The molecular formula is C12H15N3OS. The molecule has 3 rings (SSSR count). The Bertz CT molecular complexity index is 460.